The molecule has 1 N–H and O–H groups in total. The molecule has 1 aromatic rings. The minimum absolute atomic E-state index is 0.565. The summed E-state index contributed by atoms with van der Waals surface area (Å²) in [4.78, 5) is 0. The van der Waals surface area contributed by atoms with Crippen LogP contribution in [0.5, 0.6) is 11.5 Å². The van der Waals surface area contributed by atoms with Crippen LogP contribution in [0, 0.1) is 5.92 Å². The smallest absolute Gasteiger partial charge is 0.162 e. The lowest BCUT2D eigenvalue weighted by Gasteiger charge is -2.16. The summed E-state index contributed by atoms with van der Waals surface area (Å²) in [5.74, 6) is 2.80. The van der Waals surface area contributed by atoms with Crippen molar-refractivity contribution in [2.75, 3.05) is 26.1 Å². The number of methoxy groups -OCH3 is 2. The van der Waals surface area contributed by atoms with Gasteiger partial charge in [0, 0.05) is 24.2 Å². The maximum Gasteiger partial charge on any atom is 0.162 e. The van der Waals surface area contributed by atoms with Crippen molar-refractivity contribution in [3.63, 3.8) is 0 Å². The van der Waals surface area contributed by atoms with Crippen molar-refractivity contribution in [2.24, 2.45) is 5.92 Å². The first-order valence-electron chi connectivity index (χ1n) is 5.67. The molecule has 0 amide bonds. The van der Waals surface area contributed by atoms with E-state index >= 15 is 0 Å². The van der Waals surface area contributed by atoms with Crippen LogP contribution in [0.15, 0.2) is 12.1 Å². The topological polar surface area (TPSA) is 30.5 Å². The van der Waals surface area contributed by atoms with Crippen molar-refractivity contribution in [3.05, 3.63) is 17.7 Å². The molecule has 0 saturated carbocycles. The number of nitrogens with one attached hydrogen (secondary N) is 1. The van der Waals surface area contributed by atoms with Gasteiger partial charge in [0.2, 0.25) is 0 Å². The monoisotopic (exact) mass is 221 g/mol. The Morgan fingerprint density at radius 1 is 1.19 bits per heavy atom. The van der Waals surface area contributed by atoms with Crippen molar-refractivity contribution in [1.29, 1.82) is 0 Å². The molecule has 0 fully saturated rings. The third kappa shape index (κ3) is 1.70. The second-order valence-electron chi connectivity index (χ2n) is 4.53. The van der Waals surface area contributed by atoms with Gasteiger partial charge in [-0.2, -0.15) is 0 Å². The summed E-state index contributed by atoms with van der Waals surface area (Å²) >= 11 is 0. The molecule has 3 heteroatoms. The number of hydrogen-bond donors (Lipinski definition) is 1. The summed E-state index contributed by atoms with van der Waals surface area (Å²) in [6.45, 7) is 5.50. The highest BCUT2D eigenvalue weighted by Gasteiger charge is 2.26. The zero-order valence-electron chi connectivity index (χ0n) is 10.3. The first kappa shape index (κ1) is 11.1. The van der Waals surface area contributed by atoms with E-state index in [0.29, 0.717) is 11.8 Å². The van der Waals surface area contributed by atoms with Crippen LogP contribution in [0.1, 0.15) is 25.3 Å². The Morgan fingerprint density at radius 2 is 1.81 bits per heavy atom. The van der Waals surface area contributed by atoms with Crippen LogP contribution in [0.2, 0.25) is 0 Å². The van der Waals surface area contributed by atoms with Crippen LogP contribution in [0.4, 0.5) is 5.69 Å². The molecule has 1 atom stereocenters. The molecule has 1 aromatic carbocycles. The fraction of sp³-hybridized carbons (Fsp3) is 0.538. The van der Waals surface area contributed by atoms with Crippen molar-refractivity contribution in [2.45, 2.75) is 19.8 Å². The van der Waals surface area contributed by atoms with E-state index in [2.05, 4.69) is 25.2 Å². The highest BCUT2D eigenvalue weighted by molar-refractivity contribution is 5.65. The summed E-state index contributed by atoms with van der Waals surface area (Å²) in [6.07, 6.45) is 0. The second kappa shape index (κ2) is 4.24. The van der Waals surface area contributed by atoms with Crippen LogP contribution in [-0.4, -0.2) is 20.8 Å². The zero-order valence-corrected chi connectivity index (χ0v) is 10.3. The van der Waals surface area contributed by atoms with Crippen molar-refractivity contribution in [3.8, 4) is 11.5 Å². The minimum Gasteiger partial charge on any atom is -0.493 e. The van der Waals surface area contributed by atoms with Crippen LogP contribution < -0.4 is 14.8 Å². The quantitative estimate of drug-likeness (QED) is 0.851. The number of benzene rings is 1. The third-order valence-electron chi connectivity index (χ3n) is 3.27. The lowest BCUT2D eigenvalue weighted by atomic mass is 9.90. The third-order valence-corrected chi connectivity index (χ3v) is 3.27. The van der Waals surface area contributed by atoms with Crippen molar-refractivity contribution < 1.29 is 9.47 Å². The van der Waals surface area contributed by atoms with Crippen LogP contribution >= 0.6 is 0 Å². The molecule has 0 radical (unpaired) electrons. The predicted octanol–water partition coefficient (Wildman–Crippen LogP) is 2.87. The molecule has 0 aromatic heterocycles. The average Bonchev–Trinajstić information content (AvgIpc) is 2.69. The molecule has 1 unspecified atom stereocenters. The summed E-state index contributed by atoms with van der Waals surface area (Å²) in [5.41, 5.74) is 2.52. The van der Waals surface area contributed by atoms with E-state index in [1.165, 1.54) is 11.3 Å². The van der Waals surface area contributed by atoms with E-state index in [-0.39, 0.29) is 0 Å². The Labute approximate surface area is 96.8 Å². The summed E-state index contributed by atoms with van der Waals surface area (Å²) < 4.78 is 10.6. The Morgan fingerprint density at radius 3 is 2.38 bits per heavy atom. The fourth-order valence-electron chi connectivity index (χ4n) is 2.28. The molecule has 0 spiro atoms. The van der Waals surface area contributed by atoms with Gasteiger partial charge in [-0.25, -0.2) is 0 Å². The van der Waals surface area contributed by atoms with Gasteiger partial charge in [0.1, 0.15) is 0 Å². The number of anilines is 1. The van der Waals surface area contributed by atoms with Gasteiger partial charge in [0.25, 0.3) is 0 Å². The lowest BCUT2D eigenvalue weighted by molar-refractivity contribution is 0.354. The van der Waals surface area contributed by atoms with Crippen LogP contribution in [0.3, 0.4) is 0 Å². The van der Waals surface area contributed by atoms with Crippen molar-refractivity contribution >= 4 is 5.69 Å². The Bertz CT molecular complexity index is 388. The van der Waals surface area contributed by atoms with Crippen LogP contribution in [0.25, 0.3) is 0 Å². The van der Waals surface area contributed by atoms with E-state index in [9.17, 15) is 0 Å². The number of ether oxygens (including phenoxy) is 2. The molecule has 3 nitrogen and oxygen atoms in total. The molecule has 1 heterocycles. The Kier molecular flexibility index (Phi) is 2.95. The maximum absolute atomic E-state index is 5.34. The van der Waals surface area contributed by atoms with Gasteiger partial charge in [-0.15, -0.1) is 0 Å². The highest BCUT2D eigenvalue weighted by atomic mass is 16.5. The molecular weight excluding hydrogens is 202 g/mol. The second-order valence-corrected chi connectivity index (χ2v) is 4.53. The van der Waals surface area contributed by atoms with Gasteiger partial charge in [-0.1, -0.05) is 13.8 Å². The highest BCUT2D eigenvalue weighted by Crippen LogP contribution is 2.42. The van der Waals surface area contributed by atoms with E-state index in [0.717, 1.165) is 18.0 Å². The SMILES string of the molecule is COc1cc2c(cc1OC)C(C(C)C)CN2. The first-order valence-corrected chi connectivity index (χ1v) is 5.67. The minimum atomic E-state index is 0.565. The normalized spacial score (nSPS) is 18.2. The molecule has 16 heavy (non-hydrogen) atoms. The number of hydrogen-bond acceptors (Lipinski definition) is 3. The summed E-state index contributed by atoms with van der Waals surface area (Å²) in [7, 11) is 3.34. The van der Waals surface area contributed by atoms with Crippen LogP contribution in [-0.2, 0) is 0 Å². The molecule has 1 aliphatic rings. The summed E-state index contributed by atoms with van der Waals surface area (Å²) in [5, 5.41) is 3.42. The van der Waals surface area contributed by atoms with E-state index < -0.39 is 0 Å². The molecule has 0 saturated heterocycles. The zero-order chi connectivity index (χ0) is 11.7. The van der Waals surface area contributed by atoms with Gasteiger partial charge < -0.3 is 14.8 Å². The standard InChI is InChI=1S/C13H19NO2/c1-8(2)10-7-14-11-6-13(16-4)12(15-3)5-9(10)11/h5-6,8,10,14H,7H2,1-4H3. The van der Waals surface area contributed by atoms with Gasteiger partial charge in [0.05, 0.1) is 14.2 Å². The van der Waals surface area contributed by atoms with E-state index in [4.69, 9.17) is 9.47 Å². The molecule has 0 aliphatic carbocycles. The largest absolute Gasteiger partial charge is 0.493 e. The molecule has 88 valence electrons. The van der Waals surface area contributed by atoms with Gasteiger partial charge >= 0.3 is 0 Å². The van der Waals surface area contributed by atoms with Gasteiger partial charge in [-0.3, -0.25) is 0 Å². The average molecular weight is 221 g/mol. The number of fused-ring (bicyclic) bond motifs is 1. The molecule has 0 bridgehead atoms. The molecular formula is C13H19NO2. The Balaban J connectivity index is 2.44. The summed E-state index contributed by atoms with van der Waals surface area (Å²) in [6, 6.07) is 4.12. The maximum atomic E-state index is 5.34. The first-order chi connectivity index (χ1) is 7.67. The van der Waals surface area contributed by atoms with Gasteiger partial charge in [0.15, 0.2) is 11.5 Å². The van der Waals surface area contributed by atoms with E-state index in [1.54, 1.807) is 14.2 Å². The number of rotatable bonds is 3. The predicted molar refractivity (Wildman–Crippen MR) is 65.6 cm³/mol. The van der Waals surface area contributed by atoms with Crippen molar-refractivity contribution in [1.82, 2.24) is 0 Å². The fourth-order valence-corrected chi connectivity index (χ4v) is 2.28. The van der Waals surface area contributed by atoms with E-state index in [1.807, 2.05) is 6.07 Å². The van der Waals surface area contributed by atoms with Gasteiger partial charge in [-0.05, 0) is 17.5 Å². The Hall–Kier alpha value is -1.38. The lowest BCUT2D eigenvalue weighted by Crippen LogP contribution is -2.08. The molecule has 2 rings (SSSR count). The molecule has 1 aliphatic heterocycles.